The van der Waals surface area contributed by atoms with Gasteiger partial charge in [-0.3, -0.25) is 19.8 Å². The summed E-state index contributed by atoms with van der Waals surface area (Å²) in [5, 5.41) is 5.53. The number of hydrogen-bond donors (Lipinski definition) is 2. The van der Waals surface area contributed by atoms with Crippen molar-refractivity contribution in [2.75, 3.05) is 27.7 Å². The average Bonchev–Trinajstić information content (AvgIpc) is 3.31. The zero-order chi connectivity index (χ0) is 32.0. The van der Waals surface area contributed by atoms with Crippen molar-refractivity contribution in [2.45, 2.75) is 70.4 Å². The third-order valence-corrected chi connectivity index (χ3v) is 9.58. The van der Waals surface area contributed by atoms with E-state index in [1.165, 1.54) is 7.11 Å². The number of nitrogens with zero attached hydrogens (tertiary/aromatic N) is 2. The number of benzene rings is 2. The minimum atomic E-state index is -0.918. The number of likely N-dealkylation sites (tertiary alicyclic amines) is 1. The summed E-state index contributed by atoms with van der Waals surface area (Å²) in [5.41, 5.74) is 1.00. The number of rotatable bonds is 12. The number of urea groups is 1. The minimum absolute atomic E-state index is 0.0919. The van der Waals surface area contributed by atoms with E-state index in [4.69, 9.17) is 9.47 Å². The Kier molecular flexibility index (Phi) is 10.8. The van der Waals surface area contributed by atoms with Gasteiger partial charge in [-0.15, -0.1) is 0 Å². The lowest BCUT2D eigenvalue weighted by molar-refractivity contribution is -0.150. The van der Waals surface area contributed by atoms with Crippen LogP contribution in [0.1, 0.15) is 44.7 Å². The molecule has 6 atom stereocenters. The highest BCUT2D eigenvalue weighted by atomic mass is 16.5. The third kappa shape index (κ3) is 6.97. The monoisotopic (exact) mass is 606 g/mol. The predicted octanol–water partition coefficient (Wildman–Crippen LogP) is 3.40. The summed E-state index contributed by atoms with van der Waals surface area (Å²) >= 11 is 0. The molecule has 2 unspecified atom stereocenters. The molecular formula is C34H46N4O6. The largest absolute Gasteiger partial charge is 0.459 e. The molecule has 0 aromatic heterocycles. The quantitative estimate of drug-likeness (QED) is 0.356. The average molecular weight is 607 g/mol. The Morgan fingerprint density at radius 1 is 0.977 bits per heavy atom. The van der Waals surface area contributed by atoms with Gasteiger partial charge in [0, 0.05) is 20.1 Å². The zero-order valence-electron chi connectivity index (χ0n) is 26.6. The molecule has 0 radical (unpaired) electrons. The number of amides is 4. The van der Waals surface area contributed by atoms with Gasteiger partial charge >= 0.3 is 12.0 Å². The second-order valence-corrected chi connectivity index (χ2v) is 12.3. The van der Waals surface area contributed by atoms with E-state index in [0.29, 0.717) is 19.4 Å². The molecule has 2 N–H and O–H groups in total. The van der Waals surface area contributed by atoms with Crippen molar-refractivity contribution < 1.29 is 28.7 Å². The SMILES string of the molecule is CO[C@H]([C@@H](C)C(=O)N[C@@H](Cc1ccccc1)C(=O)OCc1ccccc1)[C@@H]1CCCN1C(=O)NC(=O)C1(N(C)C)C(C)C1C. The smallest absolute Gasteiger partial charge is 0.329 e. The number of imide groups is 1. The Balaban J connectivity index is 1.43. The van der Waals surface area contributed by atoms with Crippen LogP contribution in [0.5, 0.6) is 0 Å². The van der Waals surface area contributed by atoms with Gasteiger partial charge in [0.15, 0.2) is 0 Å². The summed E-state index contributed by atoms with van der Waals surface area (Å²) in [6.07, 6.45) is 0.942. The fraction of sp³-hybridized carbons (Fsp3) is 0.529. The summed E-state index contributed by atoms with van der Waals surface area (Å²) in [4.78, 5) is 57.1. The fourth-order valence-electron chi connectivity index (χ4n) is 6.86. The van der Waals surface area contributed by atoms with Gasteiger partial charge in [-0.1, -0.05) is 81.4 Å². The second kappa shape index (κ2) is 14.3. The zero-order valence-corrected chi connectivity index (χ0v) is 26.6. The molecule has 2 aliphatic rings. The number of carbonyl (C=O) groups excluding carboxylic acids is 4. The van der Waals surface area contributed by atoms with E-state index < -0.39 is 41.6 Å². The molecule has 10 heteroatoms. The van der Waals surface area contributed by atoms with Gasteiger partial charge in [-0.25, -0.2) is 9.59 Å². The molecule has 10 nitrogen and oxygen atoms in total. The van der Waals surface area contributed by atoms with Crippen molar-refractivity contribution in [3.05, 3.63) is 71.8 Å². The summed E-state index contributed by atoms with van der Waals surface area (Å²) in [6.45, 7) is 6.29. The second-order valence-electron chi connectivity index (χ2n) is 12.3. The topological polar surface area (TPSA) is 117 Å². The Morgan fingerprint density at radius 2 is 1.57 bits per heavy atom. The summed E-state index contributed by atoms with van der Waals surface area (Å²) in [6, 6.07) is 17.0. The number of methoxy groups -OCH3 is 1. The molecule has 1 saturated carbocycles. The summed E-state index contributed by atoms with van der Waals surface area (Å²) in [7, 11) is 5.22. The molecule has 0 spiro atoms. The first-order valence-corrected chi connectivity index (χ1v) is 15.4. The number of esters is 1. The van der Waals surface area contributed by atoms with Gasteiger partial charge < -0.3 is 19.7 Å². The maximum atomic E-state index is 13.6. The molecule has 0 bridgehead atoms. The predicted molar refractivity (Wildman–Crippen MR) is 166 cm³/mol. The van der Waals surface area contributed by atoms with E-state index >= 15 is 0 Å². The molecule has 2 aromatic rings. The summed E-state index contributed by atoms with van der Waals surface area (Å²) < 4.78 is 11.4. The van der Waals surface area contributed by atoms with Crippen LogP contribution < -0.4 is 10.6 Å². The Hall–Kier alpha value is -3.76. The van der Waals surface area contributed by atoms with Gasteiger partial charge in [0.05, 0.1) is 18.1 Å². The first-order chi connectivity index (χ1) is 21.0. The maximum Gasteiger partial charge on any atom is 0.329 e. The van der Waals surface area contributed by atoms with E-state index in [2.05, 4.69) is 10.6 Å². The molecule has 2 aromatic carbocycles. The van der Waals surface area contributed by atoms with Crippen LogP contribution in [0.4, 0.5) is 4.79 Å². The number of nitrogens with one attached hydrogen (secondary N) is 2. The maximum absolute atomic E-state index is 13.6. The van der Waals surface area contributed by atoms with Crippen LogP contribution in [0, 0.1) is 17.8 Å². The molecular weight excluding hydrogens is 560 g/mol. The highest BCUT2D eigenvalue weighted by molar-refractivity contribution is 6.02. The van der Waals surface area contributed by atoms with Gasteiger partial charge in [0.1, 0.15) is 18.2 Å². The summed E-state index contributed by atoms with van der Waals surface area (Å²) in [5.74, 6) is -1.69. The van der Waals surface area contributed by atoms with Crippen LogP contribution in [-0.2, 0) is 36.9 Å². The molecule has 1 aliphatic carbocycles. The number of hydrogen-bond acceptors (Lipinski definition) is 7. The van der Waals surface area contributed by atoms with E-state index in [1.807, 2.05) is 93.5 Å². The molecule has 44 heavy (non-hydrogen) atoms. The first-order valence-electron chi connectivity index (χ1n) is 15.4. The van der Waals surface area contributed by atoms with Crippen LogP contribution in [0.3, 0.4) is 0 Å². The molecule has 1 heterocycles. The lowest BCUT2D eigenvalue weighted by atomic mass is 9.94. The Morgan fingerprint density at radius 3 is 2.11 bits per heavy atom. The number of likely N-dealkylation sites (N-methyl/N-ethyl adjacent to an activating group) is 1. The number of carbonyl (C=O) groups is 4. The lowest BCUT2D eigenvalue weighted by Gasteiger charge is -2.34. The Bertz CT molecular complexity index is 1290. The normalized spacial score (nSPS) is 24.7. The first kappa shape index (κ1) is 33.1. The van der Waals surface area contributed by atoms with Crippen LogP contribution in [0.25, 0.3) is 0 Å². The molecule has 4 rings (SSSR count). The van der Waals surface area contributed by atoms with Crippen LogP contribution in [0.15, 0.2) is 60.7 Å². The number of ether oxygens (including phenoxy) is 2. The van der Waals surface area contributed by atoms with Crippen molar-refractivity contribution in [1.29, 1.82) is 0 Å². The van der Waals surface area contributed by atoms with Crippen molar-refractivity contribution >= 4 is 23.8 Å². The van der Waals surface area contributed by atoms with E-state index in [0.717, 1.165) is 11.1 Å². The van der Waals surface area contributed by atoms with Gasteiger partial charge in [0.2, 0.25) is 11.8 Å². The van der Waals surface area contributed by atoms with Crippen molar-refractivity contribution in [3.8, 4) is 0 Å². The molecule has 238 valence electrons. The third-order valence-electron chi connectivity index (χ3n) is 9.58. The van der Waals surface area contributed by atoms with E-state index in [9.17, 15) is 19.2 Å². The van der Waals surface area contributed by atoms with Crippen LogP contribution >= 0.6 is 0 Å². The van der Waals surface area contributed by atoms with E-state index in [-0.39, 0.29) is 36.7 Å². The van der Waals surface area contributed by atoms with Gasteiger partial charge in [-0.2, -0.15) is 0 Å². The van der Waals surface area contributed by atoms with Crippen LogP contribution in [0.2, 0.25) is 0 Å². The molecule has 4 amide bonds. The minimum Gasteiger partial charge on any atom is -0.459 e. The highest BCUT2D eigenvalue weighted by Gasteiger charge is 2.66. The van der Waals surface area contributed by atoms with Gasteiger partial charge in [-0.05, 0) is 49.9 Å². The standard InChI is InChI=1S/C34H46N4O6/c1-22(29(43-6)28-18-13-19-38(28)33(42)36-32(41)34(37(4)5)23(2)24(34)3)30(39)35-27(20-25-14-9-7-10-15-25)31(40)44-21-26-16-11-8-12-17-26/h7-12,14-17,22-24,27-29H,13,18-21H2,1-6H3,(H,35,39)(H,36,41,42)/t22-,23?,24?,27+,28+,29-,34?/m1/s1. The van der Waals surface area contributed by atoms with Gasteiger partial charge in [0.25, 0.3) is 0 Å². The Labute approximate surface area is 260 Å². The fourth-order valence-corrected chi connectivity index (χ4v) is 6.86. The van der Waals surface area contributed by atoms with E-state index in [1.54, 1.807) is 11.8 Å². The van der Waals surface area contributed by atoms with Crippen molar-refractivity contribution in [1.82, 2.24) is 20.4 Å². The lowest BCUT2D eigenvalue weighted by Crippen LogP contribution is -2.57. The van der Waals surface area contributed by atoms with Crippen LogP contribution in [-0.4, -0.2) is 85.1 Å². The van der Waals surface area contributed by atoms with Crippen molar-refractivity contribution in [2.24, 2.45) is 17.8 Å². The molecule has 1 saturated heterocycles. The molecule has 2 fully saturated rings. The van der Waals surface area contributed by atoms with Crippen molar-refractivity contribution in [3.63, 3.8) is 0 Å². The highest BCUT2D eigenvalue weighted by Crippen LogP contribution is 2.53. The molecule has 1 aliphatic heterocycles.